The second-order valence-corrected chi connectivity index (χ2v) is 8.99. The largest absolute Gasteiger partial charge is 0.493 e. The minimum absolute atomic E-state index is 0.0266. The molecule has 0 bridgehead atoms. The summed E-state index contributed by atoms with van der Waals surface area (Å²) in [6.45, 7) is 4.66. The van der Waals surface area contributed by atoms with Crippen LogP contribution in [-0.4, -0.2) is 60.2 Å². The summed E-state index contributed by atoms with van der Waals surface area (Å²) in [4.78, 5) is 25.6. The maximum Gasteiger partial charge on any atom is 0.228 e. The Kier molecular flexibility index (Phi) is 7.11. The molecule has 0 spiro atoms. The van der Waals surface area contributed by atoms with Crippen molar-refractivity contribution < 1.29 is 23.0 Å². The Labute approximate surface area is 208 Å². The van der Waals surface area contributed by atoms with Gasteiger partial charge < -0.3 is 30.7 Å². The van der Waals surface area contributed by atoms with Crippen LogP contribution in [0.4, 0.5) is 20.5 Å². The lowest BCUT2D eigenvalue weighted by atomic mass is 10.0. The van der Waals surface area contributed by atoms with Crippen molar-refractivity contribution in [2.45, 2.75) is 38.4 Å². The van der Waals surface area contributed by atoms with Gasteiger partial charge in [0.05, 0.1) is 14.2 Å². The third-order valence-corrected chi connectivity index (χ3v) is 6.55. The zero-order chi connectivity index (χ0) is 26.1. The van der Waals surface area contributed by atoms with E-state index in [0.29, 0.717) is 24.0 Å². The molecule has 4 N–H and O–H groups in total. The van der Waals surface area contributed by atoms with Crippen molar-refractivity contribution in [1.29, 1.82) is 0 Å². The number of carbonyl (C=O) groups excluding carboxylic acids is 1. The maximum absolute atomic E-state index is 15.2. The summed E-state index contributed by atoms with van der Waals surface area (Å²) in [6.07, 6.45) is 0.0922. The van der Waals surface area contributed by atoms with E-state index in [4.69, 9.17) is 20.9 Å². The van der Waals surface area contributed by atoms with Crippen LogP contribution in [0.5, 0.6) is 11.5 Å². The van der Waals surface area contributed by atoms with Crippen LogP contribution in [-0.2, 0) is 4.79 Å². The van der Waals surface area contributed by atoms with Gasteiger partial charge in [-0.1, -0.05) is 12.1 Å². The van der Waals surface area contributed by atoms with E-state index in [2.05, 4.69) is 9.97 Å². The zero-order valence-corrected chi connectivity index (χ0v) is 20.7. The molecule has 1 unspecified atom stereocenters. The number of amides is 1. The lowest BCUT2D eigenvalue weighted by Gasteiger charge is -2.44. The average molecular weight is 501 g/mol. The fraction of sp³-hybridized carbons (Fsp3) is 0.400. The van der Waals surface area contributed by atoms with Gasteiger partial charge in [0, 0.05) is 43.0 Å². The van der Waals surface area contributed by atoms with Crippen LogP contribution < -0.4 is 25.8 Å². The number of methoxy groups -OCH3 is 2. The molecule has 2 aromatic carbocycles. The van der Waals surface area contributed by atoms with Crippen molar-refractivity contribution in [3.63, 3.8) is 0 Å². The summed E-state index contributed by atoms with van der Waals surface area (Å²) in [5.41, 5.74) is 13.1. The molecular formula is C25H30F2N6O3. The molecule has 192 valence electrons. The number of anilines is 2. The van der Waals surface area contributed by atoms with Gasteiger partial charge in [0.2, 0.25) is 11.9 Å². The first-order chi connectivity index (χ1) is 17.1. The van der Waals surface area contributed by atoms with Crippen molar-refractivity contribution in [1.82, 2.24) is 14.9 Å². The number of ether oxygens (including phenoxy) is 2. The molecule has 11 heteroatoms. The zero-order valence-electron chi connectivity index (χ0n) is 20.7. The van der Waals surface area contributed by atoms with Crippen LogP contribution in [0.15, 0.2) is 30.3 Å². The molecule has 36 heavy (non-hydrogen) atoms. The van der Waals surface area contributed by atoms with Gasteiger partial charge in [-0.25, -0.2) is 13.8 Å². The van der Waals surface area contributed by atoms with Gasteiger partial charge in [-0.15, -0.1) is 0 Å². The van der Waals surface area contributed by atoms with E-state index in [1.165, 1.54) is 26.4 Å². The highest BCUT2D eigenvalue weighted by Gasteiger charge is 2.34. The molecule has 1 saturated heterocycles. The highest BCUT2D eigenvalue weighted by molar-refractivity contribution is 5.92. The lowest BCUT2D eigenvalue weighted by Crippen LogP contribution is -2.58. The van der Waals surface area contributed by atoms with Crippen LogP contribution >= 0.6 is 0 Å². The number of rotatable bonds is 6. The smallest absolute Gasteiger partial charge is 0.228 e. The first kappa shape index (κ1) is 25.4. The highest BCUT2D eigenvalue weighted by atomic mass is 19.1. The molecule has 1 aliphatic heterocycles. The summed E-state index contributed by atoms with van der Waals surface area (Å²) in [6, 6.07) is 6.46. The topological polar surface area (TPSA) is 120 Å². The number of fused-ring (bicyclic) bond motifs is 1. The summed E-state index contributed by atoms with van der Waals surface area (Å²) < 4.78 is 38.8. The Hall–Kier alpha value is -3.73. The Morgan fingerprint density at radius 1 is 1.11 bits per heavy atom. The predicted octanol–water partition coefficient (Wildman–Crippen LogP) is 3.02. The van der Waals surface area contributed by atoms with Gasteiger partial charge in [-0.3, -0.25) is 4.79 Å². The molecule has 2 heterocycles. The summed E-state index contributed by atoms with van der Waals surface area (Å²) in [5.74, 6) is -0.648. The number of nitrogens with two attached hydrogens (primary N) is 2. The molecule has 1 aromatic heterocycles. The molecule has 1 aliphatic rings. The first-order valence-corrected chi connectivity index (χ1v) is 11.6. The predicted molar refractivity (Wildman–Crippen MR) is 133 cm³/mol. The molecule has 4 rings (SSSR count). The van der Waals surface area contributed by atoms with E-state index in [1.807, 2.05) is 18.7 Å². The van der Waals surface area contributed by atoms with E-state index in [0.717, 1.165) is 0 Å². The minimum atomic E-state index is -0.688. The Bertz CT molecular complexity index is 1270. The second-order valence-electron chi connectivity index (χ2n) is 8.99. The van der Waals surface area contributed by atoms with E-state index < -0.39 is 11.9 Å². The van der Waals surface area contributed by atoms with E-state index in [-0.39, 0.29) is 59.0 Å². The molecule has 1 amide bonds. The lowest BCUT2D eigenvalue weighted by molar-refractivity contribution is -0.134. The number of nitrogen functional groups attached to an aromatic ring is 1. The van der Waals surface area contributed by atoms with Crippen molar-refractivity contribution in [3.8, 4) is 11.5 Å². The van der Waals surface area contributed by atoms with Crippen LogP contribution in [0.25, 0.3) is 10.9 Å². The van der Waals surface area contributed by atoms with Gasteiger partial charge in [0.25, 0.3) is 0 Å². The molecule has 3 aromatic rings. The van der Waals surface area contributed by atoms with Crippen molar-refractivity contribution in [2.24, 2.45) is 5.73 Å². The molecule has 3 atom stereocenters. The fourth-order valence-corrected chi connectivity index (χ4v) is 4.55. The van der Waals surface area contributed by atoms with E-state index in [9.17, 15) is 9.18 Å². The highest BCUT2D eigenvalue weighted by Crippen LogP contribution is 2.38. The van der Waals surface area contributed by atoms with Gasteiger partial charge >= 0.3 is 0 Å². The SMILES string of the molecule is COc1cc2c(N)nc(N3C[C@@H](C)N(C(=O)CC(N)c4ccc(F)cc4)C[C@@H]3C)nc2c(F)c1OC. The first-order valence-electron chi connectivity index (χ1n) is 11.6. The second kappa shape index (κ2) is 10.1. The number of piperazine rings is 1. The Morgan fingerprint density at radius 2 is 1.81 bits per heavy atom. The van der Waals surface area contributed by atoms with Crippen molar-refractivity contribution in [2.75, 3.05) is 37.9 Å². The van der Waals surface area contributed by atoms with Crippen LogP contribution in [0.3, 0.4) is 0 Å². The van der Waals surface area contributed by atoms with E-state index >= 15 is 4.39 Å². The fourth-order valence-electron chi connectivity index (χ4n) is 4.55. The number of benzene rings is 2. The number of nitrogens with zero attached hydrogens (tertiary/aromatic N) is 4. The average Bonchev–Trinajstić information content (AvgIpc) is 2.85. The molecule has 1 fully saturated rings. The van der Waals surface area contributed by atoms with Crippen molar-refractivity contribution >= 4 is 28.6 Å². The van der Waals surface area contributed by atoms with Crippen molar-refractivity contribution in [3.05, 3.63) is 47.5 Å². The van der Waals surface area contributed by atoms with Crippen LogP contribution in [0.1, 0.15) is 31.9 Å². The number of aromatic nitrogens is 2. The van der Waals surface area contributed by atoms with Gasteiger partial charge in [0.1, 0.15) is 17.2 Å². The molecular weight excluding hydrogens is 470 g/mol. The Morgan fingerprint density at radius 3 is 2.44 bits per heavy atom. The molecule has 0 radical (unpaired) electrons. The third-order valence-electron chi connectivity index (χ3n) is 6.55. The van der Waals surface area contributed by atoms with Crippen LogP contribution in [0, 0.1) is 11.6 Å². The van der Waals surface area contributed by atoms with E-state index in [1.54, 1.807) is 23.1 Å². The quantitative estimate of drug-likeness (QED) is 0.530. The Balaban J connectivity index is 1.55. The molecule has 0 saturated carbocycles. The summed E-state index contributed by atoms with van der Waals surface area (Å²) in [7, 11) is 2.76. The van der Waals surface area contributed by atoms with Gasteiger partial charge in [-0.05, 0) is 37.6 Å². The normalized spacial score (nSPS) is 18.9. The van der Waals surface area contributed by atoms with Crippen LogP contribution in [0.2, 0.25) is 0 Å². The van der Waals surface area contributed by atoms with Gasteiger partial charge in [0.15, 0.2) is 17.3 Å². The molecule has 9 nitrogen and oxygen atoms in total. The molecule has 0 aliphatic carbocycles. The number of hydrogen-bond acceptors (Lipinski definition) is 8. The number of halogens is 2. The summed E-state index contributed by atoms with van der Waals surface area (Å²) >= 11 is 0. The third kappa shape index (κ3) is 4.70. The summed E-state index contributed by atoms with van der Waals surface area (Å²) in [5, 5.41) is 0.318. The monoisotopic (exact) mass is 500 g/mol. The maximum atomic E-state index is 15.2. The minimum Gasteiger partial charge on any atom is -0.493 e. The van der Waals surface area contributed by atoms with Gasteiger partial charge in [-0.2, -0.15) is 4.98 Å². The standard InChI is InChI=1S/C25H30F2N6O3/c1-13-12-33(14(2)11-32(13)20(34)10-18(28)15-5-7-16(26)8-6-15)25-30-22-17(24(29)31-25)9-19(35-3)23(36-4)21(22)27/h5-9,13-14,18H,10-12,28H2,1-4H3,(H2,29,30,31)/t13-,14+,18?/m1/s1. The number of hydrogen-bond donors (Lipinski definition) is 2. The number of carbonyl (C=O) groups is 1.